The molecule has 2 aromatic heterocycles. The van der Waals surface area contributed by atoms with Crippen molar-refractivity contribution in [2.24, 2.45) is 7.05 Å². The van der Waals surface area contributed by atoms with Gasteiger partial charge in [-0.25, -0.2) is 8.42 Å². The molecule has 0 fully saturated rings. The zero-order chi connectivity index (χ0) is 11.1. The Morgan fingerprint density at radius 1 is 1.47 bits per heavy atom. The monoisotopic (exact) mass is 248 g/mol. The van der Waals surface area contributed by atoms with Crippen molar-refractivity contribution in [1.29, 1.82) is 0 Å². The van der Waals surface area contributed by atoms with Gasteiger partial charge in [-0.3, -0.25) is 4.57 Å². The van der Waals surface area contributed by atoms with Crippen molar-refractivity contribution in [2.45, 2.75) is 5.16 Å². The van der Waals surface area contributed by atoms with Crippen molar-refractivity contribution >= 4 is 19.7 Å². The zero-order valence-electron chi connectivity index (χ0n) is 7.42. The Balaban J connectivity index is 2.60. The van der Waals surface area contributed by atoms with Crippen LogP contribution in [-0.4, -0.2) is 38.6 Å². The maximum Gasteiger partial charge on any atom is 0.296 e. The van der Waals surface area contributed by atoms with Crippen molar-refractivity contribution < 1.29 is 8.42 Å². The minimum Gasteiger partial charge on any atom is -0.299 e. The van der Waals surface area contributed by atoms with E-state index in [1.165, 1.54) is 17.8 Å². The van der Waals surface area contributed by atoms with E-state index in [4.69, 9.17) is 10.7 Å². The first-order valence-electron chi connectivity index (χ1n) is 3.70. The summed E-state index contributed by atoms with van der Waals surface area (Å²) in [6, 6.07) is 0. The van der Waals surface area contributed by atoms with Gasteiger partial charge < -0.3 is 0 Å². The molecule has 0 saturated carbocycles. The van der Waals surface area contributed by atoms with Gasteiger partial charge in [0.2, 0.25) is 0 Å². The molecule has 0 spiro atoms. The molecule has 1 N–H and O–H groups in total. The van der Waals surface area contributed by atoms with Crippen LogP contribution in [0.4, 0.5) is 0 Å². The lowest BCUT2D eigenvalue weighted by Gasteiger charge is -1.97. The molecule has 0 aliphatic rings. The molecule has 2 aromatic rings. The van der Waals surface area contributed by atoms with Gasteiger partial charge in [0.1, 0.15) is 5.69 Å². The maximum absolute atomic E-state index is 11.0. The molecular weight excluding hydrogens is 244 g/mol. The van der Waals surface area contributed by atoms with Gasteiger partial charge in [0.05, 0.1) is 6.20 Å². The number of hydrogen-bond acceptors (Lipinski definition) is 6. The molecule has 0 radical (unpaired) electrons. The summed E-state index contributed by atoms with van der Waals surface area (Å²) in [6.45, 7) is 0. The Bertz CT molecular complexity index is 573. The minimum absolute atomic E-state index is 0.267. The fraction of sp³-hybridized carbons (Fsp3) is 0.200. The average molecular weight is 249 g/mol. The van der Waals surface area contributed by atoms with Crippen LogP contribution in [0.15, 0.2) is 11.4 Å². The lowest BCUT2D eigenvalue weighted by molar-refractivity contribution is 0.593. The van der Waals surface area contributed by atoms with E-state index in [1.807, 2.05) is 0 Å². The molecule has 10 heteroatoms. The third-order valence-corrected chi connectivity index (χ3v) is 2.90. The van der Waals surface area contributed by atoms with Crippen LogP contribution in [0.3, 0.4) is 0 Å². The predicted octanol–water partition coefficient (Wildman–Crippen LogP) is -0.472. The zero-order valence-corrected chi connectivity index (χ0v) is 8.99. The fourth-order valence-electron chi connectivity index (χ4n) is 1.06. The van der Waals surface area contributed by atoms with Gasteiger partial charge in [0.15, 0.2) is 5.82 Å². The summed E-state index contributed by atoms with van der Waals surface area (Å²) in [6.07, 6.45) is 1.40. The molecular formula is C5H5ClN6O2S. The lowest BCUT2D eigenvalue weighted by Crippen LogP contribution is -2.02. The number of halogens is 1. The molecule has 0 aromatic carbocycles. The van der Waals surface area contributed by atoms with Crippen LogP contribution in [0.1, 0.15) is 0 Å². The van der Waals surface area contributed by atoms with Crippen molar-refractivity contribution in [3.8, 4) is 11.5 Å². The topological polar surface area (TPSA) is 106 Å². The van der Waals surface area contributed by atoms with E-state index in [-0.39, 0.29) is 11.0 Å². The second kappa shape index (κ2) is 3.28. The van der Waals surface area contributed by atoms with E-state index in [1.54, 1.807) is 0 Å². The van der Waals surface area contributed by atoms with E-state index in [2.05, 4.69) is 25.6 Å². The van der Waals surface area contributed by atoms with Gasteiger partial charge in [0, 0.05) is 17.7 Å². The fourth-order valence-corrected chi connectivity index (χ4v) is 2.01. The highest BCUT2D eigenvalue weighted by atomic mass is 35.7. The quantitative estimate of drug-likeness (QED) is 0.720. The second-order valence-corrected chi connectivity index (χ2v) is 5.12. The largest absolute Gasteiger partial charge is 0.299 e. The number of aromatic nitrogens is 6. The normalized spacial score (nSPS) is 11.9. The molecule has 0 aliphatic carbocycles. The van der Waals surface area contributed by atoms with Crippen molar-refractivity contribution in [3.05, 3.63) is 6.20 Å². The Kier molecular flexibility index (Phi) is 2.20. The Hall–Kier alpha value is -1.48. The first-order valence-corrected chi connectivity index (χ1v) is 6.01. The Morgan fingerprint density at radius 3 is 2.67 bits per heavy atom. The Labute approximate surface area is 88.7 Å². The van der Waals surface area contributed by atoms with Gasteiger partial charge in [-0.1, -0.05) is 0 Å². The molecule has 8 nitrogen and oxygen atoms in total. The highest BCUT2D eigenvalue weighted by Crippen LogP contribution is 2.17. The van der Waals surface area contributed by atoms with Crippen LogP contribution >= 0.6 is 10.7 Å². The summed E-state index contributed by atoms with van der Waals surface area (Å²) in [7, 11) is 2.71. The number of hydrogen-bond donors (Lipinski definition) is 1. The number of aromatic amines is 1. The number of H-pyrrole nitrogens is 1. The summed E-state index contributed by atoms with van der Waals surface area (Å²) in [4.78, 5) is 0. The first-order chi connectivity index (χ1) is 7.00. The number of rotatable bonds is 2. The standard InChI is InChI=1S/C5H5ClN6O2S/c1-12-4(3-2-7-11-8-3)9-10-5(12)15(6,13)14/h2H,1H3,(H,7,8,11). The van der Waals surface area contributed by atoms with Gasteiger partial charge in [0.25, 0.3) is 14.2 Å². The van der Waals surface area contributed by atoms with Crippen LogP contribution in [0, 0.1) is 0 Å². The molecule has 0 bridgehead atoms. The number of nitrogens with zero attached hydrogens (tertiary/aromatic N) is 5. The smallest absolute Gasteiger partial charge is 0.296 e. The van der Waals surface area contributed by atoms with E-state index in [0.29, 0.717) is 5.69 Å². The summed E-state index contributed by atoms with van der Waals surface area (Å²) in [5, 5.41) is 16.5. The van der Waals surface area contributed by atoms with Gasteiger partial charge in [-0.05, 0) is 0 Å². The van der Waals surface area contributed by atoms with E-state index in [0.717, 1.165) is 0 Å². The SMILES string of the molecule is Cn1c(-c2cn[nH]n2)nnc1S(=O)(=O)Cl. The third kappa shape index (κ3) is 1.70. The van der Waals surface area contributed by atoms with Gasteiger partial charge >= 0.3 is 0 Å². The van der Waals surface area contributed by atoms with E-state index in [9.17, 15) is 8.42 Å². The molecule has 2 rings (SSSR count). The highest BCUT2D eigenvalue weighted by molar-refractivity contribution is 8.13. The molecule has 2 heterocycles. The second-order valence-electron chi connectivity index (χ2n) is 2.66. The van der Waals surface area contributed by atoms with Crippen LogP contribution in [-0.2, 0) is 16.1 Å². The highest BCUT2D eigenvalue weighted by Gasteiger charge is 2.21. The number of nitrogens with one attached hydrogen (secondary N) is 1. The van der Waals surface area contributed by atoms with Crippen molar-refractivity contribution in [3.63, 3.8) is 0 Å². The first kappa shape index (κ1) is 10.1. The molecule has 0 atom stereocenters. The van der Waals surface area contributed by atoms with Crippen LogP contribution in [0.25, 0.3) is 11.5 Å². The summed E-state index contributed by atoms with van der Waals surface area (Å²) < 4.78 is 23.3. The van der Waals surface area contributed by atoms with E-state index < -0.39 is 9.05 Å². The van der Waals surface area contributed by atoms with Gasteiger partial charge in [-0.2, -0.15) is 15.4 Å². The minimum atomic E-state index is -3.90. The molecule has 0 saturated heterocycles. The van der Waals surface area contributed by atoms with Crippen molar-refractivity contribution in [2.75, 3.05) is 0 Å². The predicted molar refractivity (Wildman–Crippen MR) is 49.4 cm³/mol. The molecule has 0 amide bonds. The summed E-state index contributed by atoms with van der Waals surface area (Å²) in [5.41, 5.74) is 0.386. The van der Waals surface area contributed by atoms with E-state index >= 15 is 0 Å². The van der Waals surface area contributed by atoms with Gasteiger partial charge in [-0.15, -0.1) is 10.2 Å². The lowest BCUT2D eigenvalue weighted by atomic mass is 10.4. The van der Waals surface area contributed by atoms with Crippen molar-refractivity contribution in [1.82, 2.24) is 30.2 Å². The van der Waals surface area contributed by atoms with Crippen LogP contribution in [0.5, 0.6) is 0 Å². The third-order valence-electron chi connectivity index (χ3n) is 1.70. The molecule has 15 heavy (non-hydrogen) atoms. The molecule has 0 unspecified atom stereocenters. The van der Waals surface area contributed by atoms with Crippen LogP contribution < -0.4 is 0 Å². The summed E-state index contributed by atoms with van der Waals surface area (Å²) >= 11 is 0. The Morgan fingerprint density at radius 2 is 2.20 bits per heavy atom. The summed E-state index contributed by atoms with van der Waals surface area (Å²) in [5.74, 6) is 0.267. The van der Waals surface area contributed by atoms with Crippen LogP contribution in [0.2, 0.25) is 0 Å². The average Bonchev–Trinajstić information content (AvgIpc) is 2.69. The maximum atomic E-state index is 11.0. The molecule has 80 valence electrons. The molecule has 0 aliphatic heterocycles.